The van der Waals surface area contributed by atoms with E-state index in [2.05, 4.69) is 41.1 Å². The molecular weight excluding hydrogens is 410 g/mol. The molecule has 0 bridgehead atoms. The van der Waals surface area contributed by atoms with E-state index in [1.807, 2.05) is 30.8 Å². The van der Waals surface area contributed by atoms with Crippen molar-refractivity contribution in [2.24, 2.45) is 7.05 Å². The summed E-state index contributed by atoms with van der Waals surface area (Å²) in [6, 6.07) is 4.95. The Kier molecular flexibility index (Phi) is 8.00. The maximum atomic E-state index is 13.0. The molecule has 1 aliphatic carbocycles. The van der Waals surface area contributed by atoms with Crippen LogP contribution < -0.4 is 10.2 Å². The van der Waals surface area contributed by atoms with Gasteiger partial charge in [-0.25, -0.2) is 4.98 Å². The molecule has 6 nitrogen and oxygen atoms in total. The van der Waals surface area contributed by atoms with Crippen LogP contribution in [0.3, 0.4) is 0 Å². The Hall–Kier alpha value is -2.05. The Bertz CT molecular complexity index is 886. The van der Waals surface area contributed by atoms with Crippen molar-refractivity contribution in [1.82, 2.24) is 19.8 Å². The molecule has 1 amide bonds. The van der Waals surface area contributed by atoms with Crippen molar-refractivity contribution < 1.29 is 4.79 Å². The Morgan fingerprint density at radius 2 is 1.90 bits per heavy atom. The van der Waals surface area contributed by atoms with Gasteiger partial charge in [0.1, 0.15) is 5.82 Å². The minimum Gasteiger partial charge on any atom is -0.369 e. The zero-order chi connectivity index (χ0) is 22.5. The van der Waals surface area contributed by atoms with Gasteiger partial charge >= 0.3 is 0 Å². The Morgan fingerprint density at radius 1 is 1.23 bits per heavy atom. The zero-order valence-corrected chi connectivity index (χ0v) is 20.2. The van der Waals surface area contributed by atoms with Crippen molar-refractivity contribution in [3.8, 4) is 0 Å². The van der Waals surface area contributed by atoms with E-state index in [9.17, 15) is 4.79 Å². The second-order valence-electron chi connectivity index (χ2n) is 8.77. The molecule has 0 atom stereocenters. The first-order valence-corrected chi connectivity index (χ1v) is 11.7. The number of carbonyl (C=O) groups excluding carboxylic acids is 1. The van der Waals surface area contributed by atoms with Crippen LogP contribution in [0.4, 0.5) is 5.69 Å². The molecule has 1 fully saturated rings. The van der Waals surface area contributed by atoms with Crippen LogP contribution in [-0.4, -0.2) is 59.6 Å². The highest BCUT2D eigenvalue weighted by atomic mass is 35.5. The molecule has 1 aromatic carbocycles. The van der Waals surface area contributed by atoms with Gasteiger partial charge in [0.2, 0.25) is 0 Å². The van der Waals surface area contributed by atoms with Gasteiger partial charge < -0.3 is 19.7 Å². The number of hydrogen-bond donors (Lipinski definition) is 1. The third kappa shape index (κ3) is 5.60. The van der Waals surface area contributed by atoms with Gasteiger partial charge in [0, 0.05) is 67.3 Å². The van der Waals surface area contributed by atoms with Gasteiger partial charge in [0.25, 0.3) is 5.91 Å². The summed E-state index contributed by atoms with van der Waals surface area (Å²) in [5.74, 6) is 0.872. The topological polar surface area (TPSA) is 53.4 Å². The molecule has 1 heterocycles. The third-order valence-electron chi connectivity index (χ3n) is 6.63. The van der Waals surface area contributed by atoms with Gasteiger partial charge in [0.05, 0.1) is 0 Å². The van der Waals surface area contributed by atoms with Crippen molar-refractivity contribution in [2.45, 2.75) is 58.0 Å². The molecular formula is C24H36ClN5O. The Labute approximate surface area is 191 Å². The van der Waals surface area contributed by atoms with E-state index < -0.39 is 0 Å². The number of benzene rings is 1. The predicted molar refractivity (Wildman–Crippen MR) is 128 cm³/mol. The van der Waals surface area contributed by atoms with E-state index in [4.69, 9.17) is 11.6 Å². The summed E-state index contributed by atoms with van der Waals surface area (Å²) < 4.78 is 1.97. The molecule has 1 aromatic heterocycles. The number of imidazole rings is 1. The van der Waals surface area contributed by atoms with Crippen LogP contribution in [0.25, 0.3) is 0 Å². The number of carbonyl (C=O) groups is 1. The highest BCUT2D eigenvalue weighted by molar-refractivity contribution is 6.31. The third-order valence-corrected chi connectivity index (χ3v) is 6.85. The van der Waals surface area contributed by atoms with Crippen molar-refractivity contribution in [1.29, 1.82) is 0 Å². The average molecular weight is 446 g/mol. The van der Waals surface area contributed by atoms with E-state index in [0.29, 0.717) is 35.6 Å². The summed E-state index contributed by atoms with van der Waals surface area (Å²) in [6.07, 6.45) is 9.11. The van der Waals surface area contributed by atoms with Crippen molar-refractivity contribution in [2.75, 3.05) is 32.1 Å². The number of hydrogen-bond acceptors (Lipinski definition) is 4. The van der Waals surface area contributed by atoms with Gasteiger partial charge in [-0.1, -0.05) is 11.6 Å². The lowest BCUT2D eigenvalue weighted by Crippen LogP contribution is -2.42. The van der Waals surface area contributed by atoms with Gasteiger partial charge in [-0.05, 0) is 71.3 Å². The zero-order valence-electron chi connectivity index (χ0n) is 19.5. The van der Waals surface area contributed by atoms with Crippen LogP contribution in [0, 0.1) is 6.92 Å². The van der Waals surface area contributed by atoms with Crippen molar-refractivity contribution in [3.05, 3.63) is 46.5 Å². The lowest BCUT2D eigenvalue weighted by atomic mass is 9.89. The van der Waals surface area contributed by atoms with Crippen molar-refractivity contribution >= 4 is 23.2 Å². The maximum absolute atomic E-state index is 13.0. The normalized spacial score (nSPS) is 18.9. The summed E-state index contributed by atoms with van der Waals surface area (Å²) in [5.41, 5.74) is 2.73. The van der Waals surface area contributed by atoms with E-state index in [0.717, 1.165) is 36.5 Å². The SMILES string of the molecule is CCN(c1cc(Cl)cc(C(=O)NCCc2nccn2C)c1C)[C@H]1CC[C@H](N(C)C)CC1. The van der Waals surface area contributed by atoms with Crippen molar-refractivity contribution in [3.63, 3.8) is 0 Å². The molecule has 170 valence electrons. The van der Waals surface area contributed by atoms with E-state index in [1.165, 1.54) is 12.8 Å². The molecule has 1 aliphatic rings. The van der Waals surface area contributed by atoms with Crippen LogP contribution in [0.1, 0.15) is 54.4 Å². The van der Waals surface area contributed by atoms with E-state index in [-0.39, 0.29) is 5.91 Å². The first kappa shape index (κ1) is 23.6. The summed E-state index contributed by atoms with van der Waals surface area (Å²) in [7, 11) is 6.30. The summed E-state index contributed by atoms with van der Waals surface area (Å²) in [5, 5.41) is 3.65. The molecule has 1 N–H and O–H groups in total. The number of nitrogens with one attached hydrogen (secondary N) is 1. The molecule has 31 heavy (non-hydrogen) atoms. The largest absolute Gasteiger partial charge is 0.369 e. The first-order valence-electron chi connectivity index (χ1n) is 11.3. The molecule has 0 unspecified atom stereocenters. The first-order chi connectivity index (χ1) is 14.8. The van der Waals surface area contributed by atoms with E-state index >= 15 is 0 Å². The van der Waals surface area contributed by atoms with Crippen LogP contribution in [-0.2, 0) is 13.5 Å². The van der Waals surface area contributed by atoms with E-state index in [1.54, 1.807) is 12.3 Å². The molecule has 0 spiro atoms. The van der Waals surface area contributed by atoms with Gasteiger partial charge in [-0.2, -0.15) is 0 Å². The lowest BCUT2D eigenvalue weighted by Gasteiger charge is -2.40. The fourth-order valence-corrected chi connectivity index (χ4v) is 4.94. The predicted octanol–water partition coefficient (Wildman–Crippen LogP) is 4.05. The van der Waals surface area contributed by atoms with Crippen LogP contribution in [0.5, 0.6) is 0 Å². The minimum absolute atomic E-state index is 0.0807. The number of amides is 1. The summed E-state index contributed by atoms with van der Waals surface area (Å²) >= 11 is 6.48. The number of rotatable bonds is 8. The van der Waals surface area contributed by atoms with Crippen LogP contribution >= 0.6 is 11.6 Å². The Morgan fingerprint density at radius 3 is 2.48 bits per heavy atom. The van der Waals surface area contributed by atoms with Gasteiger partial charge in [-0.15, -0.1) is 0 Å². The fourth-order valence-electron chi connectivity index (χ4n) is 4.73. The molecule has 2 aromatic rings. The molecule has 1 saturated carbocycles. The summed E-state index contributed by atoms with van der Waals surface area (Å²) in [6.45, 7) is 5.66. The number of aryl methyl sites for hydroxylation is 1. The smallest absolute Gasteiger partial charge is 0.251 e. The van der Waals surface area contributed by atoms with Crippen LogP contribution in [0.2, 0.25) is 5.02 Å². The minimum atomic E-state index is -0.0807. The number of aromatic nitrogens is 2. The highest BCUT2D eigenvalue weighted by Gasteiger charge is 2.28. The Balaban J connectivity index is 1.72. The summed E-state index contributed by atoms with van der Waals surface area (Å²) in [4.78, 5) is 22.1. The lowest BCUT2D eigenvalue weighted by molar-refractivity contribution is 0.0953. The standard InChI is InChI=1S/C24H36ClN5O/c1-6-30(20-9-7-19(8-10-20)28(3)4)22-16-18(25)15-21(17(22)2)24(31)27-12-11-23-26-13-14-29(23)5/h13-16,19-20H,6-12H2,1-5H3,(H,27,31)/t19-,20-. The highest BCUT2D eigenvalue weighted by Crippen LogP contribution is 2.34. The van der Waals surface area contributed by atoms with Gasteiger partial charge in [-0.3, -0.25) is 4.79 Å². The monoisotopic (exact) mass is 445 g/mol. The maximum Gasteiger partial charge on any atom is 0.251 e. The second-order valence-corrected chi connectivity index (χ2v) is 9.21. The average Bonchev–Trinajstić information content (AvgIpc) is 3.15. The molecule has 0 saturated heterocycles. The number of nitrogens with zero attached hydrogens (tertiary/aromatic N) is 4. The molecule has 3 rings (SSSR count). The molecule has 0 radical (unpaired) electrons. The number of halogens is 1. The number of anilines is 1. The molecule has 7 heteroatoms. The fraction of sp³-hybridized carbons (Fsp3) is 0.583. The molecule has 0 aliphatic heterocycles. The van der Waals surface area contributed by atoms with Crippen LogP contribution in [0.15, 0.2) is 24.5 Å². The quantitative estimate of drug-likeness (QED) is 0.665. The second kappa shape index (κ2) is 10.5. The van der Waals surface area contributed by atoms with Gasteiger partial charge in [0.15, 0.2) is 0 Å².